The minimum absolute atomic E-state index is 0.140. The lowest BCUT2D eigenvalue weighted by atomic mass is 9.66. The Hall–Kier alpha value is -0.590. The van der Waals surface area contributed by atoms with E-state index in [1.165, 1.54) is 6.42 Å². The fourth-order valence-electron chi connectivity index (χ4n) is 2.95. The Morgan fingerprint density at radius 3 is 2.62 bits per heavy atom. The Balaban J connectivity index is 2.26. The lowest BCUT2D eigenvalue weighted by Crippen LogP contribution is -2.37. The van der Waals surface area contributed by atoms with Crippen molar-refractivity contribution < 1.29 is 4.79 Å². The Labute approximate surface area is 80.2 Å². The molecule has 0 amide bonds. The first-order chi connectivity index (χ1) is 5.98. The molecule has 0 saturated heterocycles. The summed E-state index contributed by atoms with van der Waals surface area (Å²) in [6, 6.07) is 0. The first kappa shape index (κ1) is 8.98. The van der Waals surface area contributed by atoms with Crippen molar-refractivity contribution in [2.24, 2.45) is 23.2 Å². The van der Waals surface area contributed by atoms with E-state index in [0.29, 0.717) is 17.6 Å². The normalized spacial score (nSPS) is 38.4. The third-order valence-corrected chi connectivity index (χ3v) is 3.38. The van der Waals surface area contributed by atoms with Crippen molar-refractivity contribution in [2.45, 2.75) is 33.6 Å². The summed E-state index contributed by atoms with van der Waals surface area (Å²) in [6.45, 7) is 6.55. The van der Waals surface area contributed by atoms with Gasteiger partial charge in [0.1, 0.15) is 5.78 Å². The van der Waals surface area contributed by atoms with Crippen LogP contribution in [0.2, 0.25) is 0 Å². The molecule has 2 aliphatic carbocycles. The van der Waals surface area contributed by atoms with Crippen LogP contribution in [0, 0.1) is 23.2 Å². The van der Waals surface area contributed by atoms with E-state index in [4.69, 9.17) is 0 Å². The molecule has 0 aromatic rings. The lowest BCUT2D eigenvalue weighted by Gasteiger charge is -2.37. The van der Waals surface area contributed by atoms with Crippen LogP contribution in [0.4, 0.5) is 0 Å². The molecule has 1 nitrogen and oxygen atoms in total. The average Bonchev–Trinajstić information content (AvgIpc) is 2.28. The molecule has 1 heteroatoms. The molecule has 0 aromatic carbocycles. The summed E-state index contributed by atoms with van der Waals surface area (Å²) in [4.78, 5) is 11.9. The van der Waals surface area contributed by atoms with Gasteiger partial charge in [-0.3, -0.25) is 4.79 Å². The van der Waals surface area contributed by atoms with Crippen molar-refractivity contribution in [1.82, 2.24) is 0 Å². The summed E-state index contributed by atoms with van der Waals surface area (Å²) in [6.07, 6.45) is 6.52. The number of carbonyl (C=O) groups is 1. The van der Waals surface area contributed by atoms with E-state index >= 15 is 0 Å². The van der Waals surface area contributed by atoms with Gasteiger partial charge < -0.3 is 0 Å². The van der Waals surface area contributed by atoms with Gasteiger partial charge in [-0.2, -0.15) is 0 Å². The summed E-state index contributed by atoms with van der Waals surface area (Å²) in [7, 11) is 0. The monoisotopic (exact) mass is 178 g/mol. The molecule has 0 unspecified atom stereocenters. The first-order valence-electron chi connectivity index (χ1n) is 5.19. The summed E-state index contributed by atoms with van der Waals surface area (Å²) in [5.74, 6) is 1.85. The van der Waals surface area contributed by atoms with Gasteiger partial charge in [-0.25, -0.2) is 0 Å². The van der Waals surface area contributed by atoms with Crippen LogP contribution in [0.5, 0.6) is 0 Å². The number of hydrogen-bond acceptors (Lipinski definition) is 1. The van der Waals surface area contributed by atoms with Gasteiger partial charge in [-0.1, -0.05) is 32.9 Å². The Bertz CT molecular complexity index is 257. The molecule has 0 N–H and O–H groups in total. The molecule has 0 heterocycles. The van der Waals surface area contributed by atoms with Crippen LogP contribution >= 0.6 is 0 Å². The standard InChI is InChI=1S/C12H18O/c1-12(2,3)11-9-5-4-8(6-9)7-10(11)13/h4-5,8-9,11H,6-7H2,1-3H3/t8-,9+,11+/m1/s1. The predicted molar refractivity (Wildman–Crippen MR) is 53.3 cm³/mol. The zero-order valence-electron chi connectivity index (χ0n) is 8.71. The van der Waals surface area contributed by atoms with Crippen LogP contribution in [0.3, 0.4) is 0 Å². The molecular weight excluding hydrogens is 160 g/mol. The largest absolute Gasteiger partial charge is 0.299 e. The van der Waals surface area contributed by atoms with E-state index in [9.17, 15) is 4.79 Å². The minimum atomic E-state index is 0.140. The summed E-state index contributed by atoms with van der Waals surface area (Å²) < 4.78 is 0. The highest BCUT2D eigenvalue weighted by atomic mass is 16.1. The van der Waals surface area contributed by atoms with Gasteiger partial charge in [0.25, 0.3) is 0 Å². The fraction of sp³-hybridized carbons (Fsp3) is 0.750. The van der Waals surface area contributed by atoms with Crippen molar-refractivity contribution in [2.75, 3.05) is 0 Å². The molecule has 72 valence electrons. The third kappa shape index (κ3) is 1.45. The summed E-state index contributed by atoms with van der Waals surface area (Å²) in [5, 5.41) is 0. The quantitative estimate of drug-likeness (QED) is 0.521. The fourth-order valence-corrected chi connectivity index (χ4v) is 2.95. The van der Waals surface area contributed by atoms with Crippen molar-refractivity contribution in [3.8, 4) is 0 Å². The number of allylic oxidation sites excluding steroid dienone is 2. The van der Waals surface area contributed by atoms with Crippen LogP contribution in [-0.2, 0) is 4.79 Å². The molecule has 13 heavy (non-hydrogen) atoms. The molecule has 0 spiro atoms. The van der Waals surface area contributed by atoms with E-state index in [1.807, 2.05) is 0 Å². The van der Waals surface area contributed by atoms with E-state index in [-0.39, 0.29) is 11.3 Å². The van der Waals surface area contributed by atoms with Crippen molar-refractivity contribution in [3.05, 3.63) is 12.2 Å². The second-order valence-corrected chi connectivity index (χ2v) is 5.56. The number of rotatable bonds is 0. The van der Waals surface area contributed by atoms with Crippen LogP contribution in [0.25, 0.3) is 0 Å². The first-order valence-corrected chi connectivity index (χ1v) is 5.19. The maximum absolute atomic E-state index is 11.9. The maximum Gasteiger partial charge on any atom is 0.137 e. The van der Waals surface area contributed by atoms with Gasteiger partial charge >= 0.3 is 0 Å². The van der Waals surface area contributed by atoms with E-state index in [2.05, 4.69) is 32.9 Å². The zero-order chi connectivity index (χ0) is 9.64. The Kier molecular flexibility index (Phi) is 1.86. The van der Waals surface area contributed by atoms with E-state index in [1.54, 1.807) is 0 Å². The number of carbonyl (C=O) groups excluding carboxylic acids is 1. The second-order valence-electron chi connectivity index (χ2n) is 5.56. The number of fused-ring (bicyclic) bond motifs is 2. The second kappa shape index (κ2) is 2.70. The van der Waals surface area contributed by atoms with E-state index < -0.39 is 0 Å². The lowest BCUT2D eigenvalue weighted by molar-refractivity contribution is -0.130. The molecule has 1 saturated carbocycles. The highest BCUT2D eigenvalue weighted by molar-refractivity contribution is 5.84. The van der Waals surface area contributed by atoms with Crippen molar-refractivity contribution >= 4 is 5.78 Å². The number of Topliss-reactive ketones (excluding diaryl/α,β-unsaturated/α-hetero) is 1. The van der Waals surface area contributed by atoms with E-state index in [0.717, 1.165) is 6.42 Å². The Morgan fingerprint density at radius 2 is 2.00 bits per heavy atom. The zero-order valence-corrected chi connectivity index (χ0v) is 8.71. The highest BCUT2D eigenvalue weighted by Crippen LogP contribution is 2.45. The highest BCUT2D eigenvalue weighted by Gasteiger charge is 2.43. The summed E-state index contributed by atoms with van der Waals surface area (Å²) in [5.41, 5.74) is 0.140. The maximum atomic E-state index is 11.9. The average molecular weight is 178 g/mol. The van der Waals surface area contributed by atoms with Crippen LogP contribution < -0.4 is 0 Å². The summed E-state index contributed by atoms with van der Waals surface area (Å²) >= 11 is 0. The van der Waals surface area contributed by atoms with Crippen LogP contribution in [0.15, 0.2) is 12.2 Å². The molecule has 2 bridgehead atoms. The minimum Gasteiger partial charge on any atom is -0.299 e. The molecule has 2 aliphatic rings. The molecule has 3 atom stereocenters. The van der Waals surface area contributed by atoms with Gasteiger partial charge in [-0.15, -0.1) is 0 Å². The van der Waals surface area contributed by atoms with Gasteiger partial charge in [0.15, 0.2) is 0 Å². The molecular formula is C12H18O. The van der Waals surface area contributed by atoms with Crippen molar-refractivity contribution in [1.29, 1.82) is 0 Å². The van der Waals surface area contributed by atoms with Gasteiger partial charge in [0, 0.05) is 12.3 Å². The molecule has 0 aliphatic heterocycles. The van der Waals surface area contributed by atoms with Crippen LogP contribution in [0.1, 0.15) is 33.6 Å². The van der Waals surface area contributed by atoms with Crippen LogP contribution in [-0.4, -0.2) is 5.78 Å². The Morgan fingerprint density at radius 1 is 1.31 bits per heavy atom. The number of hydrogen-bond donors (Lipinski definition) is 0. The van der Waals surface area contributed by atoms with Gasteiger partial charge in [-0.05, 0) is 23.7 Å². The number of ketones is 1. The predicted octanol–water partition coefficient (Wildman–Crippen LogP) is 2.81. The van der Waals surface area contributed by atoms with Gasteiger partial charge in [0.05, 0.1) is 0 Å². The SMILES string of the molecule is CC(C)(C)[C@@H]1C(=O)C[C@@H]2C=C[C@H]1C2. The topological polar surface area (TPSA) is 17.1 Å². The van der Waals surface area contributed by atoms with Gasteiger partial charge in [0.2, 0.25) is 0 Å². The smallest absolute Gasteiger partial charge is 0.137 e. The molecule has 1 fully saturated rings. The molecule has 2 rings (SSSR count). The van der Waals surface area contributed by atoms with Crippen molar-refractivity contribution in [3.63, 3.8) is 0 Å². The third-order valence-electron chi connectivity index (χ3n) is 3.38. The molecule has 0 radical (unpaired) electrons. The molecule has 0 aromatic heterocycles.